The summed E-state index contributed by atoms with van der Waals surface area (Å²) < 4.78 is 0.116. The number of carboxylic acid groups (broad SMARTS) is 1. The molecule has 0 aromatic carbocycles. The Kier molecular flexibility index (Phi) is 4.22. The molecule has 0 unspecified atom stereocenters. The number of rotatable bonds is 3. The van der Waals surface area contributed by atoms with Crippen LogP contribution < -0.4 is 4.90 Å². The molecular weight excluding hydrogens is 274 g/mol. The lowest BCUT2D eigenvalue weighted by Gasteiger charge is -2.39. The zero-order valence-corrected chi connectivity index (χ0v) is 13.2. The highest BCUT2D eigenvalue weighted by molar-refractivity contribution is 8.00. The lowest BCUT2D eigenvalue weighted by molar-refractivity contribution is 0.0690. The number of anilines is 1. The van der Waals surface area contributed by atoms with E-state index in [1.54, 1.807) is 6.20 Å². The van der Waals surface area contributed by atoms with Gasteiger partial charge in [-0.3, -0.25) is 0 Å². The maximum absolute atomic E-state index is 11.5. The molecule has 110 valence electrons. The molecule has 1 aliphatic heterocycles. The smallest absolute Gasteiger partial charge is 0.356 e. The SMILES string of the molecule is CC(C)c1ncc(N2CCSC(C)(C)C2)c(C(=O)O)n1. The summed E-state index contributed by atoms with van der Waals surface area (Å²) in [7, 11) is 0. The van der Waals surface area contributed by atoms with E-state index in [1.807, 2.05) is 25.6 Å². The number of hydrogen-bond acceptors (Lipinski definition) is 5. The average molecular weight is 295 g/mol. The Balaban J connectivity index is 2.38. The molecule has 0 radical (unpaired) electrons. The molecular formula is C14H21N3O2S. The number of hydrogen-bond donors (Lipinski definition) is 1. The standard InChI is InChI=1S/C14H21N3O2S/c1-9(2)12-15-7-10(11(16-12)13(18)19)17-5-6-20-14(3,4)8-17/h7,9H,5-6,8H2,1-4H3,(H,18,19). The van der Waals surface area contributed by atoms with Gasteiger partial charge in [0.05, 0.1) is 11.9 Å². The van der Waals surface area contributed by atoms with Crippen molar-refractivity contribution in [1.29, 1.82) is 0 Å². The van der Waals surface area contributed by atoms with Gasteiger partial charge in [-0.15, -0.1) is 0 Å². The molecule has 0 aliphatic carbocycles. The lowest BCUT2D eigenvalue weighted by atomic mass is 10.1. The van der Waals surface area contributed by atoms with Crippen molar-refractivity contribution in [3.63, 3.8) is 0 Å². The van der Waals surface area contributed by atoms with E-state index in [2.05, 4.69) is 28.7 Å². The van der Waals surface area contributed by atoms with Crippen molar-refractivity contribution in [2.24, 2.45) is 0 Å². The van der Waals surface area contributed by atoms with Crippen LogP contribution in [0.4, 0.5) is 5.69 Å². The van der Waals surface area contributed by atoms with Crippen molar-refractivity contribution in [3.8, 4) is 0 Å². The summed E-state index contributed by atoms with van der Waals surface area (Å²) in [6, 6.07) is 0. The molecule has 1 saturated heterocycles. The second kappa shape index (κ2) is 5.60. The predicted molar refractivity (Wildman–Crippen MR) is 81.8 cm³/mol. The normalized spacial score (nSPS) is 18.4. The monoisotopic (exact) mass is 295 g/mol. The van der Waals surface area contributed by atoms with Gasteiger partial charge in [0.2, 0.25) is 0 Å². The number of aromatic nitrogens is 2. The first-order valence-corrected chi connectivity index (χ1v) is 7.78. The van der Waals surface area contributed by atoms with Gasteiger partial charge in [0.1, 0.15) is 5.82 Å². The molecule has 1 aliphatic rings. The average Bonchev–Trinajstić information content (AvgIpc) is 2.36. The third kappa shape index (κ3) is 3.23. The molecule has 2 rings (SSSR count). The summed E-state index contributed by atoms with van der Waals surface area (Å²) >= 11 is 1.91. The molecule has 2 heterocycles. The molecule has 1 fully saturated rings. The topological polar surface area (TPSA) is 66.3 Å². The fraction of sp³-hybridized carbons (Fsp3) is 0.643. The largest absolute Gasteiger partial charge is 0.476 e. The van der Waals surface area contributed by atoms with Crippen molar-refractivity contribution in [2.75, 3.05) is 23.7 Å². The lowest BCUT2D eigenvalue weighted by Crippen LogP contribution is -2.44. The summed E-state index contributed by atoms with van der Waals surface area (Å²) in [5.74, 6) is 0.700. The first kappa shape index (κ1) is 15.1. The van der Waals surface area contributed by atoms with Crippen LogP contribution >= 0.6 is 11.8 Å². The van der Waals surface area contributed by atoms with Crippen molar-refractivity contribution < 1.29 is 9.90 Å². The van der Waals surface area contributed by atoms with E-state index in [9.17, 15) is 9.90 Å². The highest BCUT2D eigenvalue weighted by Gasteiger charge is 2.30. The second-order valence-electron chi connectivity index (χ2n) is 5.95. The van der Waals surface area contributed by atoms with Crippen molar-refractivity contribution in [3.05, 3.63) is 17.7 Å². The Labute approximate surface area is 123 Å². The van der Waals surface area contributed by atoms with Gasteiger partial charge in [-0.2, -0.15) is 11.8 Å². The summed E-state index contributed by atoms with van der Waals surface area (Å²) in [5, 5.41) is 9.41. The number of thioether (sulfide) groups is 1. The van der Waals surface area contributed by atoms with Gasteiger partial charge in [-0.1, -0.05) is 13.8 Å². The Bertz CT molecular complexity index is 517. The molecule has 1 aromatic rings. The van der Waals surface area contributed by atoms with Crippen LogP contribution in [-0.2, 0) is 0 Å². The molecule has 1 aromatic heterocycles. The Morgan fingerprint density at radius 2 is 2.20 bits per heavy atom. The zero-order chi connectivity index (χ0) is 14.9. The second-order valence-corrected chi connectivity index (χ2v) is 7.75. The van der Waals surface area contributed by atoms with Crippen LogP contribution in [0.3, 0.4) is 0 Å². The minimum atomic E-state index is -0.986. The van der Waals surface area contributed by atoms with E-state index in [0.717, 1.165) is 18.8 Å². The van der Waals surface area contributed by atoms with Gasteiger partial charge in [0.15, 0.2) is 5.69 Å². The van der Waals surface area contributed by atoms with E-state index in [4.69, 9.17) is 0 Å². The fourth-order valence-electron chi connectivity index (χ4n) is 2.28. The molecule has 1 N–H and O–H groups in total. The highest BCUT2D eigenvalue weighted by Crippen LogP contribution is 2.33. The Hall–Kier alpha value is -1.30. The third-order valence-corrected chi connectivity index (χ3v) is 4.57. The Morgan fingerprint density at radius 3 is 2.75 bits per heavy atom. The summed E-state index contributed by atoms with van der Waals surface area (Å²) in [6.07, 6.45) is 1.66. The van der Waals surface area contributed by atoms with Crippen LogP contribution in [0.5, 0.6) is 0 Å². The van der Waals surface area contributed by atoms with E-state index in [0.29, 0.717) is 11.5 Å². The van der Waals surface area contributed by atoms with Crippen molar-refractivity contribution >= 4 is 23.4 Å². The van der Waals surface area contributed by atoms with Crippen LogP contribution in [0.2, 0.25) is 0 Å². The molecule has 20 heavy (non-hydrogen) atoms. The number of carbonyl (C=O) groups is 1. The van der Waals surface area contributed by atoms with Crippen molar-refractivity contribution in [1.82, 2.24) is 9.97 Å². The van der Waals surface area contributed by atoms with Gasteiger partial charge in [0.25, 0.3) is 0 Å². The molecule has 5 nitrogen and oxygen atoms in total. The maximum Gasteiger partial charge on any atom is 0.356 e. The van der Waals surface area contributed by atoms with Gasteiger partial charge in [-0.25, -0.2) is 14.8 Å². The van der Waals surface area contributed by atoms with Crippen LogP contribution in [-0.4, -0.2) is 44.6 Å². The first-order chi connectivity index (χ1) is 9.30. The van der Waals surface area contributed by atoms with Crippen LogP contribution in [0.1, 0.15) is 49.9 Å². The number of aromatic carboxylic acids is 1. The molecule has 0 saturated carbocycles. The van der Waals surface area contributed by atoms with E-state index in [1.165, 1.54) is 0 Å². The van der Waals surface area contributed by atoms with Crippen molar-refractivity contribution in [2.45, 2.75) is 38.4 Å². The summed E-state index contributed by atoms with van der Waals surface area (Å²) in [6.45, 7) is 9.91. The van der Waals surface area contributed by atoms with Gasteiger partial charge in [-0.05, 0) is 13.8 Å². The molecule has 0 amide bonds. The van der Waals surface area contributed by atoms with Crippen LogP contribution in [0, 0.1) is 0 Å². The minimum absolute atomic E-state index is 0.116. The molecule has 0 spiro atoms. The minimum Gasteiger partial charge on any atom is -0.476 e. The maximum atomic E-state index is 11.5. The van der Waals surface area contributed by atoms with Gasteiger partial charge < -0.3 is 10.0 Å². The third-order valence-electron chi connectivity index (χ3n) is 3.27. The van der Waals surface area contributed by atoms with Gasteiger partial charge in [0, 0.05) is 29.5 Å². The van der Waals surface area contributed by atoms with E-state index in [-0.39, 0.29) is 16.4 Å². The molecule has 0 atom stereocenters. The van der Waals surface area contributed by atoms with E-state index >= 15 is 0 Å². The molecule has 0 bridgehead atoms. The van der Waals surface area contributed by atoms with Gasteiger partial charge >= 0.3 is 5.97 Å². The molecule has 6 heteroatoms. The number of nitrogens with zero attached hydrogens (tertiary/aromatic N) is 3. The van der Waals surface area contributed by atoms with E-state index < -0.39 is 5.97 Å². The zero-order valence-electron chi connectivity index (χ0n) is 12.4. The summed E-state index contributed by atoms with van der Waals surface area (Å²) in [5.41, 5.74) is 0.752. The first-order valence-electron chi connectivity index (χ1n) is 6.79. The number of carboxylic acids is 1. The Morgan fingerprint density at radius 1 is 1.50 bits per heavy atom. The highest BCUT2D eigenvalue weighted by atomic mass is 32.2. The predicted octanol–water partition coefficient (Wildman–Crippen LogP) is 2.63. The quantitative estimate of drug-likeness (QED) is 0.924. The van der Waals surface area contributed by atoms with Crippen LogP contribution in [0.15, 0.2) is 6.20 Å². The summed E-state index contributed by atoms with van der Waals surface area (Å²) in [4.78, 5) is 22.1. The fourth-order valence-corrected chi connectivity index (χ4v) is 3.39. The van der Waals surface area contributed by atoms with Crippen LogP contribution in [0.25, 0.3) is 0 Å².